The number of fused-ring (bicyclic) bond motifs is 14. The van der Waals surface area contributed by atoms with E-state index in [-0.39, 0.29) is 0 Å². The van der Waals surface area contributed by atoms with Gasteiger partial charge in [-0.05, 0) is 210 Å². The molecule has 0 aliphatic carbocycles. The molecule has 0 bridgehead atoms. The summed E-state index contributed by atoms with van der Waals surface area (Å²) in [7, 11) is 0. The largest absolute Gasteiger partial charge is 0.307 e. The highest BCUT2D eigenvalue weighted by molar-refractivity contribution is 6.47. The molecule has 4 nitrogen and oxygen atoms in total. The van der Waals surface area contributed by atoms with Gasteiger partial charge in [-0.25, -0.2) is 4.98 Å². The van der Waals surface area contributed by atoms with Crippen molar-refractivity contribution in [3.63, 3.8) is 0 Å². The van der Waals surface area contributed by atoms with Crippen LogP contribution in [0.5, 0.6) is 0 Å². The number of benzene rings is 20. The van der Waals surface area contributed by atoms with Crippen LogP contribution in [0.3, 0.4) is 0 Å². The molecule has 0 saturated carbocycles. The molecule has 0 spiro atoms. The first-order chi connectivity index (χ1) is 56.2. The smallest absolute Gasteiger partial charge is 0.145 e. The Kier molecular flexibility index (Phi) is 14.7. The molecule has 23 aromatic rings. The Bertz CT molecular complexity index is 7720. The van der Waals surface area contributed by atoms with Gasteiger partial charge in [-0.15, -0.1) is 0 Å². The average Bonchev–Trinajstić information content (AvgIpc) is 1.63. The first-order valence-electron chi connectivity index (χ1n) is 39.0. The van der Waals surface area contributed by atoms with Gasteiger partial charge in [0.2, 0.25) is 0 Å². The molecule has 0 unspecified atom stereocenters. The van der Waals surface area contributed by atoms with Gasteiger partial charge in [-0.2, -0.15) is 0 Å². The number of rotatable bonds is 12. The predicted molar refractivity (Wildman–Crippen MR) is 477 cm³/mol. The highest BCUT2D eigenvalue weighted by atomic mass is 15.1. The van der Waals surface area contributed by atoms with Crippen LogP contribution in [0.4, 0.5) is 0 Å². The molecule has 3 aromatic heterocycles. The van der Waals surface area contributed by atoms with Gasteiger partial charge in [0.15, 0.2) is 0 Å². The SMILES string of the molecule is c1ccc(-c2c(-c3ccccc3)c(-c3ccccc3)c3c4cccc5c6c(-c7cccc(-c8nc9ccccc9n8-c8ccccc8)c7)c(-c7ccccc7)c(-c7cccc(-n8c9ccccc9c9ccc%10c%11ccccc%11n(-c%11ccccc%11)c%10c98)c7)c(-c7ccccc7)c6c6cccc(c3c2-c2ccccc2)c6c45)cc1. The van der Waals surface area contributed by atoms with Gasteiger partial charge in [-0.3, -0.25) is 4.57 Å². The van der Waals surface area contributed by atoms with Crippen LogP contribution < -0.4 is 0 Å². The number of para-hydroxylation sites is 6. The second-order valence-electron chi connectivity index (χ2n) is 29.8. The molecule has 0 aliphatic rings. The minimum atomic E-state index is 0.866. The van der Waals surface area contributed by atoms with Crippen molar-refractivity contribution in [3.8, 4) is 117 Å². The second-order valence-corrected chi connectivity index (χ2v) is 29.8. The van der Waals surface area contributed by atoms with E-state index in [0.717, 1.165) is 128 Å². The van der Waals surface area contributed by atoms with Crippen LogP contribution in [-0.4, -0.2) is 18.7 Å². The van der Waals surface area contributed by atoms with Crippen LogP contribution in [-0.2, 0) is 0 Å². The van der Waals surface area contributed by atoms with E-state index < -0.39 is 0 Å². The van der Waals surface area contributed by atoms with Gasteiger partial charge in [-0.1, -0.05) is 346 Å². The summed E-state index contributed by atoms with van der Waals surface area (Å²) in [6.07, 6.45) is 0. The molecule has 0 radical (unpaired) electrons. The zero-order valence-electron chi connectivity index (χ0n) is 61.5. The van der Waals surface area contributed by atoms with E-state index in [2.05, 4.69) is 426 Å². The summed E-state index contributed by atoms with van der Waals surface area (Å²) < 4.78 is 7.39. The molecule has 4 heteroatoms. The Morgan fingerprint density at radius 3 is 0.858 bits per heavy atom. The van der Waals surface area contributed by atoms with Crippen LogP contribution in [0, 0.1) is 0 Å². The molecule has 23 rings (SSSR count). The van der Waals surface area contributed by atoms with Gasteiger partial charge in [0.25, 0.3) is 0 Å². The number of aromatic nitrogens is 4. The van der Waals surface area contributed by atoms with Crippen LogP contribution in [0.1, 0.15) is 0 Å². The van der Waals surface area contributed by atoms with Crippen molar-refractivity contribution < 1.29 is 0 Å². The lowest BCUT2D eigenvalue weighted by Crippen LogP contribution is -2.02. The fraction of sp³-hybridized carbons (Fsp3) is 0. The lowest BCUT2D eigenvalue weighted by atomic mass is 9.73. The van der Waals surface area contributed by atoms with E-state index in [1.807, 2.05) is 0 Å². The standard InChI is InChI=1S/C109H68N4/c1-9-35-69(36-10-1)93-94(70-37-11-2-12-38-70)97(73-43-17-5-18-44-73)104-86-58-34-60-88-102(86)101-85(103(104)96(93)72-41-15-4-16-42-72)57-33-59-87(101)105-98(74-45-19-6-20-46-74)99(95(71-39-13-3-14-40-71)100(106(88)105)75-47-31-49-77(67-75)109-110-89-61-27-30-64-92(89)113(109)79-52-23-8-24-53-79)76-48-32-54-80(68-76)112-91-63-29-26-56-82(91)84-66-65-83-81-55-25-28-62-90(81)111(107(83)108(84)112)78-50-21-7-22-51-78/h1-68H. The van der Waals surface area contributed by atoms with Crippen LogP contribution in [0.25, 0.3) is 226 Å². The highest BCUT2D eigenvalue weighted by Gasteiger charge is 2.34. The average molecular weight is 1430 g/mol. The van der Waals surface area contributed by atoms with E-state index in [0.29, 0.717) is 0 Å². The summed E-state index contributed by atoms with van der Waals surface area (Å²) in [6.45, 7) is 0. The van der Waals surface area contributed by atoms with Crippen molar-refractivity contribution in [2.75, 3.05) is 0 Å². The van der Waals surface area contributed by atoms with E-state index in [1.165, 1.54) is 97.7 Å². The lowest BCUT2D eigenvalue weighted by molar-refractivity contribution is 1.10. The zero-order chi connectivity index (χ0) is 74.2. The molecule has 113 heavy (non-hydrogen) atoms. The Labute approximate surface area is 652 Å². The molecule has 0 amide bonds. The first kappa shape index (κ1) is 64.1. The minimum absolute atomic E-state index is 0.866. The van der Waals surface area contributed by atoms with Crippen LogP contribution >= 0.6 is 0 Å². The number of hydrogen-bond acceptors (Lipinski definition) is 1. The normalized spacial score (nSPS) is 11.9. The molecule has 0 N–H and O–H groups in total. The molecule has 524 valence electrons. The molecule has 0 atom stereocenters. The quantitative estimate of drug-likeness (QED) is 0.0885. The topological polar surface area (TPSA) is 27.7 Å². The Balaban J connectivity index is 0.939. The molecular weight excluding hydrogens is 1370 g/mol. The van der Waals surface area contributed by atoms with Gasteiger partial charge in [0.1, 0.15) is 5.82 Å². The molecule has 20 aromatic carbocycles. The third kappa shape index (κ3) is 9.80. The highest BCUT2D eigenvalue weighted by Crippen LogP contribution is 2.61. The first-order valence-corrected chi connectivity index (χ1v) is 39.0. The van der Waals surface area contributed by atoms with Crippen molar-refractivity contribution in [1.29, 1.82) is 0 Å². The maximum atomic E-state index is 5.60. The van der Waals surface area contributed by atoms with Gasteiger partial charge >= 0.3 is 0 Å². The van der Waals surface area contributed by atoms with E-state index in [4.69, 9.17) is 4.98 Å². The van der Waals surface area contributed by atoms with Crippen molar-refractivity contribution in [1.82, 2.24) is 18.7 Å². The number of nitrogens with zero attached hydrogens (tertiary/aromatic N) is 4. The van der Waals surface area contributed by atoms with E-state index in [1.54, 1.807) is 0 Å². The summed E-state index contributed by atoms with van der Waals surface area (Å²) in [5, 5.41) is 16.8. The van der Waals surface area contributed by atoms with Crippen LogP contribution in [0.2, 0.25) is 0 Å². The fourth-order valence-corrected chi connectivity index (χ4v) is 19.3. The molecular formula is C109H68N4. The van der Waals surface area contributed by atoms with Crippen LogP contribution in [0.15, 0.2) is 413 Å². The van der Waals surface area contributed by atoms with Gasteiger partial charge in [0, 0.05) is 44.2 Å². The van der Waals surface area contributed by atoms with Crippen molar-refractivity contribution in [2.45, 2.75) is 0 Å². The van der Waals surface area contributed by atoms with Crippen molar-refractivity contribution >= 4 is 109 Å². The zero-order valence-corrected chi connectivity index (χ0v) is 61.5. The van der Waals surface area contributed by atoms with Crippen molar-refractivity contribution in [2.24, 2.45) is 0 Å². The maximum absolute atomic E-state index is 5.60. The number of hydrogen-bond donors (Lipinski definition) is 0. The fourth-order valence-electron chi connectivity index (χ4n) is 19.3. The number of imidazole rings is 1. The molecule has 0 saturated heterocycles. The minimum Gasteiger partial charge on any atom is -0.307 e. The predicted octanol–water partition coefficient (Wildman–Crippen LogP) is 29.4. The summed E-state index contributed by atoms with van der Waals surface area (Å²) >= 11 is 0. The third-order valence-electron chi connectivity index (χ3n) is 23.7. The second kappa shape index (κ2) is 25.9. The van der Waals surface area contributed by atoms with Gasteiger partial charge < -0.3 is 9.13 Å². The Morgan fingerprint density at radius 1 is 0.159 bits per heavy atom. The van der Waals surface area contributed by atoms with Gasteiger partial charge in [0.05, 0.1) is 33.1 Å². The van der Waals surface area contributed by atoms with E-state index >= 15 is 0 Å². The van der Waals surface area contributed by atoms with Crippen molar-refractivity contribution in [3.05, 3.63) is 413 Å². The van der Waals surface area contributed by atoms with E-state index in [9.17, 15) is 0 Å². The summed E-state index contributed by atoms with van der Waals surface area (Å²) in [4.78, 5) is 5.60. The third-order valence-corrected chi connectivity index (χ3v) is 23.7. The summed E-state index contributed by atoms with van der Waals surface area (Å²) in [5.41, 5.74) is 29.1. The monoisotopic (exact) mass is 1430 g/mol. The Hall–Kier alpha value is -15.0. The summed E-state index contributed by atoms with van der Waals surface area (Å²) in [6, 6.07) is 154. The summed E-state index contributed by atoms with van der Waals surface area (Å²) in [5.74, 6) is 0.866. The molecule has 0 aliphatic heterocycles. The molecule has 3 heterocycles. The lowest BCUT2D eigenvalue weighted by Gasteiger charge is -2.29. The molecule has 0 fully saturated rings. The maximum Gasteiger partial charge on any atom is 0.145 e. The Morgan fingerprint density at radius 2 is 0.434 bits per heavy atom.